The maximum Gasteiger partial charge on any atom is 0.219 e. The molecule has 0 radical (unpaired) electrons. The van der Waals surface area contributed by atoms with E-state index in [2.05, 4.69) is 33.3 Å². The minimum atomic E-state index is 0.247. The van der Waals surface area contributed by atoms with Crippen LogP contribution in [0.25, 0.3) is 0 Å². The van der Waals surface area contributed by atoms with Crippen molar-refractivity contribution in [2.75, 3.05) is 33.7 Å². The first kappa shape index (κ1) is 24.4. The second-order valence-electron chi connectivity index (χ2n) is 8.37. The van der Waals surface area contributed by atoms with Crippen molar-refractivity contribution in [3.63, 3.8) is 0 Å². The van der Waals surface area contributed by atoms with Crippen LogP contribution in [0, 0.1) is 0 Å². The first-order valence-corrected chi connectivity index (χ1v) is 11.1. The summed E-state index contributed by atoms with van der Waals surface area (Å²) in [5, 5.41) is 3.08. The third kappa shape index (κ3) is 18.0. The molecule has 0 aliphatic heterocycles. The second-order valence-corrected chi connectivity index (χ2v) is 8.37. The molecule has 0 spiro atoms. The van der Waals surface area contributed by atoms with Crippen LogP contribution >= 0.6 is 0 Å². The molecule has 150 valence electrons. The summed E-state index contributed by atoms with van der Waals surface area (Å²) in [6, 6.07) is 0. The first-order chi connectivity index (χ1) is 12.0. The Bertz CT molecular complexity index is 302. The molecule has 0 bridgehead atoms. The summed E-state index contributed by atoms with van der Waals surface area (Å²) in [5.74, 6) is 0.247. The Balaban J connectivity index is 3.31. The minimum absolute atomic E-state index is 0.247. The Morgan fingerprint density at radius 2 is 1.20 bits per heavy atom. The zero-order chi connectivity index (χ0) is 18.8. The summed E-state index contributed by atoms with van der Waals surface area (Å²) in [5.41, 5.74) is 0. The summed E-state index contributed by atoms with van der Waals surface area (Å²) >= 11 is 0. The van der Waals surface area contributed by atoms with Gasteiger partial charge in [-0.25, -0.2) is 0 Å². The van der Waals surface area contributed by atoms with E-state index in [0.29, 0.717) is 6.42 Å². The molecule has 0 fully saturated rings. The number of carbonyl (C=O) groups is 1. The van der Waals surface area contributed by atoms with Crippen molar-refractivity contribution < 1.29 is 9.28 Å². The van der Waals surface area contributed by atoms with Gasteiger partial charge in [0.1, 0.15) is 0 Å². The van der Waals surface area contributed by atoms with Crippen LogP contribution in [-0.2, 0) is 4.79 Å². The fraction of sp³-hybridized carbons (Fsp3) is 0.955. The number of nitrogens with zero attached hydrogens (tertiary/aromatic N) is 1. The summed E-state index contributed by atoms with van der Waals surface area (Å²) < 4.78 is 1.06. The smallest absolute Gasteiger partial charge is 0.219 e. The summed E-state index contributed by atoms with van der Waals surface area (Å²) in [4.78, 5) is 11.8. The maximum atomic E-state index is 11.8. The Hall–Kier alpha value is -0.570. The highest BCUT2D eigenvalue weighted by molar-refractivity contribution is 5.75. The van der Waals surface area contributed by atoms with Gasteiger partial charge in [0, 0.05) is 19.4 Å². The lowest BCUT2D eigenvalue weighted by Crippen LogP contribution is -2.42. The molecule has 0 heterocycles. The Morgan fingerprint density at radius 1 is 0.680 bits per heavy atom. The van der Waals surface area contributed by atoms with Crippen molar-refractivity contribution in [1.29, 1.82) is 0 Å². The van der Waals surface area contributed by atoms with E-state index < -0.39 is 0 Å². The number of hydrogen-bond donors (Lipinski definition) is 1. The van der Waals surface area contributed by atoms with Gasteiger partial charge in [-0.05, 0) is 12.8 Å². The second kappa shape index (κ2) is 16.9. The van der Waals surface area contributed by atoms with Gasteiger partial charge in [0.15, 0.2) is 0 Å². The van der Waals surface area contributed by atoms with E-state index in [0.717, 1.165) is 30.4 Å². The third-order valence-electron chi connectivity index (χ3n) is 5.10. The molecule has 3 heteroatoms. The van der Waals surface area contributed by atoms with Crippen LogP contribution < -0.4 is 5.32 Å². The fourth-order valence-electron chi connectivity index (χ4n) is 3.49. The predicted octanol–water partition coefficient (Wildman–Crippen LogP) is 5.68. The number of carbonyl (C=O) groups excluding carboxylic acids is 1. The third-order valence-corrected chi connectivity index (χ3v) is 5.10. The van der Waals surface area contributed by atoms with Crippen LogP contribution in [0.1, 0.15) is 104 Å². The van der Waals surface area contributed by atoms with E-state index in [4.69, 9.17) is 0 Å². The average Bonchev–Trinajstić information content (AvgIpc) is 2.56. The molecule has 0 aliphatic carbocycles. The van der Waals surface area contributed by atoms with E-state index in [1.54, 1.807) is 0 Å². The lowest BCUT2D eigenvalue weighted by Gasteiger charge is -2.29. The summed E-state index contributed by atoms with van der Waals surface area (Å²) in [7, 11) is 4.55. The van der Waals surface area contributed by atoms with Crippen LogP contribution in [0.15, 0.2) is 0 Å². The fourth-order valence-corrected chi connectivity index (χ4v) is 3.49. The van der Waals surface area contributed by atoms with Crippen LogP contribution in [-0.4, -0.2) is 44.1 Å². The highest BCUT2D eigenvalue weighted by atomic mass is 16.1. The number of rotatable bonds is 18. The first-order valence-electron chi connectivity index (χ1n) is 11.1. The number of hydrogen-bond acceptors (Lipinski definition) is 1. The van der Waals surface area contributed by atoms with Crippen molar-refractivity contribution in [3.05, 3.63) is 0 Å². The molecule has 0 saturated carbocycles. The molecule has 0 aromatic carbocycles. The summed E-state index contributed by atoms with van der Waals surface area (Å²) in [6.07, 6.45) is 17.7. The normalized spacial score (nSPS) is 11.7. The zero-order valence-corrected chi connectivity index (χ0v) is 17.9. The van der Waals surface area contributed by atoms with Crippen molar-refractivity contribution in [1.82, 2.24) is 5.32 Å². The lowest BCUT2D eigenvalue weighted by molar-refractivity contribution is -0.890. The molecule has 0 aromatic heterocycles. The Kier molecular flexibility index (Phi) is 16.5. The molecule has 25 heavy (non-hydrogen) atoms. The maximum absolute atomic E-state index is 11.8. The molecule has 0 unspecified atom stereocenters. The van der Waals surface area contributed by atoms with Crippen LogP contribution in [0.3, 0.4) is 0 Å². The van der Waals surface area contributed by atoms with Crippen LogP contribution in [0.4, 0.5) is 0 Å². The molecule has 1 N–H and O–H groups in total. The van der Waals surface area contributed by atoms with Gasteiger partial charge in [-0.1, -0.05) is 78.1 Å². The van der Waals surface area contributed by atoms with Gasteiger partial charge in [0.2, 0.25) is 5.91 Å². The Morgan fingerprint density at radius 3 is 1.72 bits per heavy atom. The largest absolute Gasteiger partial charge is 0.356 e. The molecule has 0 aromatic rings. The summed E-state index contributed by atoms with van der Waals surface area (Å²) in [6.45, 7) is 7.70. The monoisotopic (exact) mass is 355 g/mol. The van der Waals surface area contributed by atoms with Gasteiger partial charge in [-0.15, -0.1) is 0 Å². The standard InChI is InChI=1S/C22H46N2O/c1-5-7-8-9-10-11-12-13-14-15-16-18-22(25)23-19-17-21-24(3,4)20-6-2/h5-21H2,1-4H3/p+1. The van der Waals surface area contributed by atoms with E-state index >= 15 is 0 Å². The van der Waals surface area contributed by atoms with Gasteiger partial charge in [0.05, 0.1) is 27.2 Å². The van der Waals surface area contributed by atoms with E-state index in [-0.39, 0.29) is 5.91 Å². The number of amides is 1. The number of quaternary nitrogens is 1. The van der Waals surface area contributed by atoms with Gasteiger partial charge in [-0.2, -0.15) is 0 Å². The van der Waals surface area contributed by atoms with E-state index in [1.807, 2.05) is 0 Å². The van der Waals surface area contributed by atoms with E-state index in [9.17, 15) is 4.79 Å². The molecule has 0 saturated heterocycles. The van der Waals surface area contributed by atoms with Crippen LogP contribution in [0.2, 0.25) is 0 Å². The zero-order valence-electron chi connectivity index (χ0n) is 17.9. The van der Waals surface area contributed by atoms with Crippen molar-refractivity contribution in [2.24, 2.45) is 0 Å². The van der Waals surface area contributed by atoms with Gasteiger partial charge >= 0.3 is 0 Å². The highest BCUT2D eigenvalue weighted by Gasteiger charge is 2.12. The predicted molar refractivity (Wildman–Crippen MR) is 111 cm³/mol. The number of nitrogens with one attached hydrogen (secondary N) is 1. The van der Waals surface area contributed by atoms with Crippen molar-refractivity contribution >= 4 is 5.91 Å². The quantitative estimate of drug-likeness (QED) is 0.249. The van der Waals surface area contributed by atoms with Gasteiger partial charge < -0.3 is 9.80 Å². The highest BCUT2D eigenvalue weighted by Crippen LogP contribution is 2.11. The average molecular weight is 356 g/mol. The van der Waals surface area contributed by atoms with E-state index in [1.165, 1.54) is 77.2 Å². The molecule has 0 aliphatic rings. The number of unbranched alkanes of at least 4 members (excludes halogenated alkanes) is 10. The SMILES string of the molecule is CCCCCCCCCCCCCC(=O)NCCC[N+](C)(C)CCC. The van der Waals surface area contributed by atoms with Crippen molar-refractivity contribution in [2.45, 2.75) is 104 Å². The van der Waals surface area contributed by atoms with Crippen LogP contribution in [0.5, 0.6) is 0 Å². The Labute approximate surface area is 158 Å². The molecular weight excluding hydrogens is 308 g/mol. The molecule has 0 atom stereocenters. The topological polar surface area (TPSA) is 29.1 Å². The van der Waals surface area contributed by atoms with Gasteiger partial charge in [-0.3, -0.25) is 4.79 Å². The van der Waals surface area contributed by atoms with Crippen molar-refractivity contribution in [3.8, 4) is 0 Å². The minimum Gasteiger partial charge on any atom is -0.356 e. The lowest BCUT2D eigenvalue weighted by atomic mass is 10.1. The molecule has 0 rings (SSSR count). The van der Waals surface area contributed by atoms with Gasteiger partial charge in [0.25, 0.3) is 0 Å². The molecule has 1 amide bonds. The molecule has 3 nitrogen and oxygen atoms in total. The molecular formula is C22H47N2O+.